The number of rotatable bonds is 0. The molecule has 0 radical (unpaired) electrons. The molecule has 3 N–H and O–H groups in total. The Bertz CT molecular complexity index is 619. The maximum absolute atomic E-state index is 11.0. The predicted octanol–water partition coefficient (Wildman–Crippen LogP) is 2.65. The summed E-state index contributed by atoms with van der Waals surface area (Å²) < 4.78 is 0. The fourth-order valence-electron chi connectivity index (χ4n) is 6.93. The minimum absolute atomic E-state index is 0.0846. The van der Waals surface area contributed by atoms with Crippen molar-refractivity contribution in [1.29, 1.82) is 0 Å². The van der Waals surface area contributed by atoms with Gasteiger partial charge in [-0.1, -0.05) is 31.4 Å². The van der Waals surface area contributed by atoms with Crippen LogP contribution in [0.15, 0.2) is 11.6 Å². The van der Waals surface area contributed by atoms with Gasteiger partial charge in [-0.15, -0.1) is 6.42 Å². The van der Waals surface area contributed by atoms with Crippen LogP contribution < -0.4 is 0 Å². The van der Waals surface area contributed by atoms with E-state index in [2.05, 4.69) is 19.8 Å². The molecule has 8 atom stereocenters. The fourth-order valence-corrected chi connectivity index (χ4v) is 6.93. The number of hydrogen-bond donors (Lipinski definition) is 3. The smallest absolute Gasteiger partial charge is 0.130 e. The zero-order valence-electron chi connectivity index (χ0n) is 14.8. The minimum atomic E-state index is -1.03. The lowest BCUT2D eigenvalue weighted by atomic mass is 9.45. The Balaban J connectivity index is 1.74. The number of aliphatic hydroxyl groups is 3. The Morgan fingerprint density at radius 1 is 1.08 bits per heavy atom. The topological polar surface area (TPSA) is 60.7 Å². The van der Waals surface area contributed by atoms with Crippen molar-refractivity contribution in [3.8, 4) is 12.3 Å². The van der Waals surface area contributed by atoms with Crippen LogP contribution in [0, 0.1) is 40.9 Å². The third-order valence-corrected chi connectivity index (χ3v) is 8.50. The molecule has 0 saturated heterocycles. The van der Waals surface area contributed by atoms with E-state index in [0.29, 0.717) is 18.8 Å². The highest BCUT2D eigenvalue weighted by molar-refractivity contribution is 5.29. The first kappa shape index (κ1) is 16.6. The first-order valence-electron chi connectivity index (χ1n) is 9.53. The molecule has 0 aliphatic heterocycles. The van der Waals surface area contributed by atoms with Gasteiger partial charge in [-0.25, -0.2) is 0 Å². The third-order valence-electron chi connectivity index (χ3n) is 8.50. The van der Waals surface area contributed by atoms with E-state index in [1.54, 1.807) is 0 Å². The van der Waals surface area contributed by atoms with Crippen LogP contribution in [0.25, 0.3) is 0 Å². The molecule has 3 heteroatoms. The van der Waals surface area contributed by atoms with Gasteiger partial charge in [0.2, 0.25) is 0 Å². The average Bonchev–Trinajstić information content (AvgIpc) is 2.82. The molecule has 3 saturated carbocycles. The standard InChI is InChI=1S/C21H30O3/c1-4-21(24)10-7-16-18-15(6-9-20(16,21)3)19(2)8-5-14(22)11-13(19)12-17(18)23/h1,11,14-18,22-24H,5-10,12H2,2-3H3/t14-,15-,16-,17+,18+,19-,20-,21-/m0/s1. The molecule has 4 rings (SSSR count). The molecule has 0 bridgehead atoms. The van der Waals surface area contributed by atoms with Gasteiger partial charge in [-0.3, -0.25) is 0 Å². The van der Waals surface area contributed by atoms with Gasteiger partial charge >= 0.3 is 0 Å². The molecular weight excluding hydrogens is 300 g/mol. The Labute approximate surface area is 145 Å². The molecule has 4 aliphatic carbocycles. The quantitative estimate of drug-likeness (QED) is 0.473. The number of aliphatic hydroxyl groups excluding tert-OH is 2. The Morgan fingerprint density at radius 3 is 2.50 bits per heavy atom. The van der Waals surface area contributed by atoms with E-state index in [0.717, 1.165) is 32.1 Å². The van der Waals surface area contributed by atoms with Gasteiger partial charge in [0.1, 0.15) is 5.60 Å². The van der Waals surface area contributed by atoms with Crippen LogP contribution in [0.2, 0.25) is 0 Å². The minimum Gasteiger partial charge on any atom is -0.392 e. The first-order valence-corrected chi connectivity index (χ1v) is 9.53. The molecule has 0 amide bonds. The highest BCUT2D eigenvalue weighted by Crippen LogP contribution is 2.67. The predicted molar refractivity (Wildman–Crippen MR) is 92.9 cm³/mol. The Kier molecular flexibility index (Phi) is 3.53. The second-order valence-corrected chi connectivity index (χ2v) is 9.28. The highest BCUT2D eigenvalue weighted by Gasteiger charge is 2.65. The average molecular weight is 330 g/mol. The number of fused-ring (bicyclic) bond motifs is 5. The number of terminal acetylenes is 1. The zero-order chi connectivity index (χ0) is 17.3. The summed E-state index contributed by atoms with van der Waals surface area (Å²) in [7, 11) is 0. The van der Waals surface area contributed by atoms with Crippen LogP contribution in [0.3, 0.4) is 0 Å². The molecule has 0 unspecified atom stereocenters. The maximum Gasteiger partial charge on any atom is 0.130 e. The van der Waals surface area contributed by atoms with Gasteiger partial charge in [0.05, 0.1) is 12.2 Å². The molecule has 0 spiro atoms. The molecule has 0 aromatic rings. The van der Waals surface area contributed by atoms with Crippen LogP contribution in [0.4, 0.5) is 0 Å². The largest absolute Gasteiger partial charge is 0.392 e. The van der Waals surface area contributed by atoms with E-state index < -0.39 is 5.60 Å². The van der Waals surface area contributed by atoms with E-state index in [-0.39, 0.29) is 34.9 Å². The first-order chi connectivity index (χ1) is 11.2. The normalized spacial score (nSPS) is 56.5. The van der Waals surface area contributed by atoms with E-state index in [9.17, 15) is 15.3 Å². The van der Waals surface area contributed by atoms with Crippen molar-refractivity contribution < 1.29 is 15.3 Å². The van der Waals surface area contributed by atoms with Gasteiger partial charge in [0.15, 0.2) is 0 Å². The van der Waals surface area contributed by atoms with E-state index in [4.69, 9.17) is 6.42 Å². The number of hydrogen-bond acceptors (Lipinski definition) is 3. The van der Waals surface area contributed by atoms with Gasteiger partial charge in [0, 0.05) is 5.41 Å². The van der Waals surface area contributed by atoms with Crippen molar-refractivity contribution in [2.45, 2.75) is 76.6 Å². The highest BCUT2D eigenvalue weighted by atomic mass is 16.3. The van der Waals surface area contributed by atoms with Crippen molar-refractivity contribution in [3.05, 3.63) is 11.6 Å². The van der Waals surface area contributed by atoms with Gasteiger partial charge in [-0.2, -0.15) is 0 Å². The van der Waals surface area contributed by atoms with Crippen LogP contribution in [0.1, 0.15) is 58.8 Å². The van der Waals surface area contributed by atoms with Crippen molar-refractivity contribution >= 4 is 0 Å². The monoisotopic (exact) mass is 330 g/mol. The summed E-state index contributed by atoms with van der Waals surface area (Å²) in [5.74, 6) is 3.62. The van der Waals surface area contributed by atoms with Gasteiger partial charge in [-0.05, 0) is 68.1 Å². The van der Waals surface area contributed by atoms with E-state index >= 15 is 0 Å². The molecule has 3 nitrogen and oxygen atoms in total. The summed E-state index contributed by atoms with van der Waals surface area (Å²) in [5.41, 5.74) is 0.0304. The zero-order valence-corrected chi connectivity index (χ0v) is 14.8. The summed E-state index contributed by atoms with van der Waals surface area (Å²) in [5, 5.41) is 32.0. The summed E-state index contributed by atoms with van der Waals surface area (Å²) in [6, 6.07) is 0. The maximum atomic E-state index is 11.0. The summed E-state index contributed by atoms with van der Waals surface area (Å²) in [6.07, 6.45) is 12.9. The third kappa shape index (κ3) is 1.91. The summed E-state index contributed by atoms with van der Waals surface area (Å²) in [6.45, 7) is 4.48. The van der Waals surface area contributed by atoms with Crippen LogP contribution in [-0.2, 0) is 0 Å². The molecule has 0 heterocycles. The van der Waals surface area contributed by atoms with E-state index in [1.165, 1.54) is 5.57 Å². The SMILES string of the molecule is C#C[C@]1(O)CC[C@H]2[C@@H]3[C@H](O)CC4=C[C@@H](O)CC[C@]4(C)[C@H]3CC[C@@]21C. The molecule has 0 aromatic carbocycles. The molecule has 132 valence electrons. The fraction of sp³-hybridized carbons (Fsp3) is 0.810. The van der Waals surface area contributed by atoms with E-state index in [1.807, 2.05) is 6.08 Å². The lowest BCUT2D eigenvalue weighted by molar-refractivity contribution is -0.136. The lowest BCUT2D eigenvalue weighted by Gasteiger charge is -2.60. The van der Waals surface area contributed by atoms with Gasteiger partial charge in [0.25, 0.3) is 0 Å². The molecule has 4 aliphatic rings. The van der Waals surface area contributed by atoms with Crippen molar-refractivity contribution in [2.75, 3.05) is 0 Å². The van der Waals surface area contributed by atoms with Crippen molar-refractivity contribution in [3.63, 3.8) is 0 Å². The van der Waals surface area contributed by atoms with Crippen molar-refractivity contribution in [2.24, 2.45) is 28.6 Å². The molecule has 3 fully saturated rings. The van der Waals surface area contributed by atoms with Crippen LogP contribution >= 0.6 is 0 Å². The second-order valence-electron chi connectivity index (χ2n) is 9.28. The lowest BCUT2D eigenvalue weighted by Crippen LogP contribution is -2.58. The summed E-state index contributed by atoms with van der Waals surface area (Å²) >= 11 is 0. The van der Waals surface area contributed by atoms with Crippen LogP contribution in [0.5, 0.6) is 0 Å². The molecule has 24 heavy (non-hydrogen) atoms. The molecular formula is C21H30O3. The van der Waals surface area contributed by atoms with Gasteiger partial charge < -0.3 is 15.3 Å². The summed E-state index contributed by atoms with van der Waals surface area (Å²) in [4.78, 5) is 0. The second kappa shape index (κ2) is 5.10. The Hall–Kier alpha value is -0.820. The van der Waals surface area contributed by atoms with Crippen molar-refractivity contribution in [1.82, 2.24) is 0 Å². The molecule has 0 aromatic heterocycles. The van der Waals surface area contributed by atoms with Crippen LogP contribution in [-0.4, -0.2) is 33.1 Å². The Morgan fingerprint density at radius 2 is 1.79 bits per heavy atom.